The minimum atomic E-state index is 0.0703. The Morgan fingerprint density at radius 3 is 2.70 bits per heavy atom. The zero-order chi connectivity index (χ0) is 14.5. The van der Waals surface area contributed by atoms with Gasteiger partial charge in [0.2, 0.25) is 5.91 Å². The van der Waals surface area contributed by atoms with Gasteiger partial charge in [0, 0.05) is 25.1 Å². The number of amides is 1. The van der Waals surface area contributed by atoms with Crippen LogP contribution in [-0.2, 0) is 18.4 Å². The minimum Gasteiger partial charge on any atom is -0.341 e. The van der Waals surface area contributed by atoms with E-state index < -0.39 is 0 Å². The van der Waals surface area contributed by atoms with Crippen LogP contribution in [0.2, 0.25) is 0 Å². The lowest BCUT2D eigenvalue weighted by molar-refractivity contribution is -0.127. The summed E-state index contributed by atoms with van der Waals surface area (Å²) in [6, 6.07) is 7.96. The van der Waals surface area contributed by atoms with Gasteiger partial charge in [-0.2, -0.15) is 0 Å². The molecule has 0 bridgehead atoms. The molecule has 1 aromatic carbocycles. The fourth-order valence-electron chi connectivity index (χ4n) is 1.59. The summed E-state index contributed by atoms with van der Waals surface area (Å²) < 4.78 is 2.83. The lowest BCUT2D eigenvalue weighted by Gasteiger charge is -2.17. The molecule has 0 aliphatic rings. The molecule has 5 nitrogen and oxygen atoms in total. The van der Waals surface area contributed by atoms with Gasteiger partial charge in [-0.1, -0.05) is 39.8 Å². The standard InChI is InChI=1S/C13H15BrN4OS/c1-17(7-10-3-5-11(14)6-4-10)12(19)8-20-13-16-15-9-18(13)2/h3-6,9H,7-8H2,1-2H3. The van der Waals surface area contributed by atoms with Crippen LogP contribution < -0.4 is 0 Å². The van der Waals surface area contributed by atoms with E-state index in [1.54, 1.807) is 15.8 Å². The number of rotatable bonds is 5. The summed E-state index contributed by atoms with van der Waals surface area (Å²) in [5.41, 5.74) is 1.10. The van der Waals surface area contributed by atoms with Gasteiger partial charge in [0.05, 0.1) is 5.75 Å². The predicted molar refractivity (Wildman–Crippen MR) is 82.3 cm³/mol. The molecule has 20 heavy (non-hydrogen) atoms. The van der Waals surface area contributed by atoms with Crippen molar-refractivity contribution in [3.05, 3.63) is 40.6 Å². The van der Waals surface area contributed by atoms with Crippen LogP contribution in [0.15, 0.2) is 40.2 Å². The van der Waals surface area contributed by atoms with Crippen LogP contribution in [0.25, 0.3) is 0 Å². The first-order chi connectivity index (χ1) is 9.56. The zero-order valence-electron chi connectivity index (χ0n) is 11.3. The van der Waals surface area contributed by atoms with E-state index in [1.165, 1.54) is 11.8 Å². The Morgan fingerprint density at radius 1 is 1.40 bits per heavy atom. The molecule has 0 fully saturated rings. The molecule has 1 amide bonds. The second kappa shape index (κ2) is 6.90. The van der Waals surface area contributed by atoms with E-state index in [0.29, 0.717) is 12.3 Å². The van der Waals surface area contributed by atoms with E-state index >= 15 is 0 Å². The average molecular weight is 355 g/mol. The molecule has 2 aromatic rings. The number of aromatic nitrogens is 3. The van der Waals surface area contributed by atoms with Crippen LogP contribution in [0.1, 0.15) is 5.56 Å². The van der Waals surface area contributed by atoms with Crippen molar-refractivity contribution in [2.24, 2.45) is 7.05 Å². The quantitative estimate of drug-likeness (QED) is 0.773. The molecule has 0 unspecified atom stereocenters. The molecule has 2 rings (SSSR count). The summed E-state index contributed by atoms with van der Waals surface area (Å²) in [6.07, 6.45) is 1.62. The molecule has 1 aromatic heterocycles. The lowest BCUT2D eigenvalue weighted by atomic mass is 10.2. The van der Waals surface area contributed by atoms with Gasteiger partial charge >= 0.3 is 0 Å². The van der Waals surface area contributed by atoms with Crippen molar-refractivity contribution in [3.63, 3.8) is 0 Å². The van der Waals surface area contributed by atoms with Gasteiger partial charge in [-0.05, 0) is 17.7 Å². The number of nitrogens with zero attached hydrogens (tertiary/aromatic N) is 4. The number of hydrogen-bond donors (Lipinski definition) is 0. The van der Waals surface area contributed by atoms with Crippen LogP contribution in [-0.4, -0.2) is 38.4 Å². The molecule has 0 saturated carbocycles. The van der Waals surface area contributed by atoms with Gasteiger partial charge in [-0.3, -0.25) is 4.79 Å². The molecule has 0 spiro atoms. The molecule has 0 N–H and O–H groups in total. The van der Waals surface area contributed by atoms with Gasteiger partial charge in [0.25, 0.3) is 0 Å². The van der Waals surface area contributed by atoms with E-state index in [1.807, 2.05) is 38.4 Å². The molecule has 0 saturated heterocycles. The molecule has 0 radical (unpaired) electrons. The Bertz CT molecular complexity index is 584. The van der Waals surface area contributed by atoms with E-state index in [4.69, 9.17) is 0 Å². The molecule has 106 valence electrons. The second-order valence-corrected chi connectivity index (χ2v) is 6.25. The van der Waals surface area contributed by atoms with E-state index in [0.717, 1.165) is 15.2 Å². The number of aryl methyl sites for hydroxylation is 1. The van der Waals surface area contributed by atoms with Crippen molar-refractivity contribution in [2.75, 3.05) is 12.8 Å². The molecule has 0 aliphatic heterocycles. The van der Waals surface area contributed by atoms with E-state index in [9.17, 15) is 4.79 Å². The highest BCUT2D eigenvalue weighted by Gasteiger charge is 2.11. The predicted octanol–water partition coefficient (Wildman–Crippen LogP) is 2.33. The summed E-state index contributed by atoms with van der Waals surface area (Å²) in [5, 5.41) is 8.47. The summed E-state index contributed by atoms with van der Waals surface area (Å²) in [6.45, 7) is 0.603. The fourth-order valence-corrected chi connectivity index (χ4v) is 2.68. The highest BCUT2D eigenvalue weighted by Crippen LogP contribution is 2.15. The Labute approximate surface area is 130 Å². The molecule has 0 atom stereocenters. The summed E-state index contributed by atoms with van der Waals surface area (Å²) in [4.78, 5) is 13.8. The number of thioether (sulfide) groups is 1. The minimum absolute atomic E-state index is 0.0703. The van der Waals surface area contributed by atoms with Crippen molar-refractivity contribution in [3.8, 4) is 0 Å². The van der Waals surface area contributed by atoms with Crippen LogP contribution in [0, 0.1) is 0 Å². The van der Waals surface area contributed by atoms with Gasteiger partial charge in [0.15, 0.2) is 5.16 Å². The fraction of sp³-hybridized carbons (Fsp3) is 0.308. The Morgan fingerprint density at radius 2 is 2.10 bits per heavy atom. The maximum absolute atomic E-state index is 12.1. The highest BCUT2D eigenvalue weighted by atomic mass is 79.9. The largest absolute Gasteiger partial charge is 0.341 e. The second-order valence-electron chi connectivity index (χ2n) is 4.39. The zero-order valence-corrected chi connectivity index (χ0v) is 13.7. The van der Waals surface area contributed by atoms with Crippen LogP contribution in [0.4, 0.5) is 0 Å². The van der Waals surface area contributed by atoms with Crippen molar-refractivity contribution in [1.82, 2.24) is 19.7 Å². The van der Waals surface area contributed by atoms with Crippen molar-refractivity contribution in [2.45, 2.75) is 11.7 Å². The number of benzene rings is 1. The molecular weight excluding hydrogens is 340 g/mol. The van der Waals surface area contributed by atoms with Crippen molar-refractivity contribution in [1.29, 1.82) is 0 Å². The smallest absolute Gasteiger partial charge is 0.233 e. The van der Waals surface area contributed by atoms with Crippen molar-refractivity contribution < 1.29 is 4.79 Å². The normalized spacial score (nSPS) is 10.6. The average Bonchev–Trinajstić information content (AvgIpc) is 2.84. The molecule has 0 aliphatic carbocycles. The Balaban J connectivity index is 1.86. The maximum atomic E-state index is 12.1. The third-order valence-corrected chi connectivity index (χ3v) is 4.30. The summed E-state index contributed by atoms with van der Waals surface area (Å²) in [5.74, 6) is 0.431. The van der Waals surface area contributed by atoms with Crippen LogP contribution >= 0.6 is 27.7 Å². The number of carbonyl (C=O) groups is 1. The van der Waals surface area contributed by atoms with Gasteiger partial charge < -0.3 is 9.47 Å². The maximum Gasteiger partial charge on any atom is 0.233 e. The summed E-state index contributed by atoms with van der Waals surface area (Å²) >= 11 is 4.79. The van der Waals surface area contributed by atoms with Gasteiger partial charge in [0.1, 0.15) is 6.33 Å². The van der Waals surface area contributed by atoms with E-state index in [-0.39, 0.29) is 5.91 Å². The highest BCUT2D eigenvalue weighted by molar-refractivity contribution is 9.10. The Kier molecular flexibility index (Phi) is 5.19. The van der Waals surface area contributed by atoms with Crippen LogP contribution in [0.3, 0.4) is 0 Å². The van der Waals surface area contributed by atoms with Crippen LogP contribution in [0.5, 0.6) is 0 Å². The lowest BCUT2D eigenvalue weighted by Crippen LogP contribution is -2.27. The monoisotopic (exact) mass is 354 g/mol. The number of halogens is 1. The number of hydrogen-bond acceptors (Lipinski definition) is 4. The first kappa shape index (κ1) is 15.1. The topological polar surface area (TPSA) is 51.0 Å². The third-order valence-electron chi connectivity index (χ3n) is 2.75. The first-order valence-corrected chi connectivity index (χ1v) is 7.79. The van der Waals surface area contributed by atoms with Gasteiger partial charge in [-0.25, -0.2) is 0 Å². The molecular formula is C13H15BrN4OS. The first-order valence-electron chi connectivity index (χ1n) is 6.01. The molecule has 1 heterocycles. The van der Waals surface area contributed by atoms with Crippen molar-refractivity contribution >= 4 is 33.6 Å². The van der Waals surface area contributed by atoms with E-state index in [2.05, 4.69) is 26.1 Å². The third kappa shape index (κ3) is 4.08. The summed E-state index contributed by atoms with van der Waals surface area (Å²) in [7, 11) is 3.67. The molecule has 7 heteroatoms. The van der Waals surface area contributed by atoms with Gasteiger partial charge in [-0.15, -0.1) is 10.2 Å². The SMILES string of the molecule is CN(Cc1ccc(Br)cc1)C(=O)CSc1nncn1C. The number of carbonyl (C=O) groups excluding carboxylic acids is 1. The Hall–Kier alpha value is -1.34.